The molecule has 0 aliphatic carbocycles. The van der Waals surface area contributed by atoms with Gasteiger partial charge in [-0.2, -0.15) is 0 Å². The van der Waals surface area contributed by atoms with Crippen molar-refractivity contribution >= 4 is 18.7 Å². The predicted molar refractivity (Wildman–Crippen MR) is 58.8 cm³/mol. The fraction of sp³-hybridized carbons (Fsp3) is 0. The Labute approximate surface area is 90.4 Å². The van der Waals surface area contributed by atoms with E-state index < -0.39 is 7.82 Å². The number of phosphoric acid groups is 1. The van der Waals surface area contributed by atoms with Crippen LogP contribution in [0.4, 0.5) is 0 Å². The number of fused-ring (bicyclic) bond motifs is 1. The summed E-state index contributed by atoms with van der Waals surface area (Å²) in [6.07, 6.45) is 0. The molecule has 0 aliphatic heterocycles. The third-order valence-electron chi connectivity index (χ3n) is 1.63. The van der Waals surface area contributed by atoms with E-state index in [2.05, 4.69) is 4.98 Å². The van der Waals surface area contributed by atoms with Crippen molar-refractivity contribution in [2.45, 2.75) is 0 Å². The van der Waals surface area contributed by atoms with Gasteiger partial charge in [0, 0.05) is 11.6 Å². The van der Waals surface area contributed by atoms with E-state index >= 15 is 0 Å². The first kappa shape index (κ1) is 12.6. The van der Waals surface area contributed by atoms with Gasteiger partial charge < -0.3 is 19.7 Å². The maximum absolute atomic E-state index is 10.8. The number of rotatable bonds is 0. The molecule has 1 aromatic carbocycles. The summed E-state index contributed by atoms with van der Waals surface area (Å²) in [5.41, 5.74) is 0.837. The molecular weight excluding hydrogens is 233 g/mol. The molecule has 1 heterocycles. The molecule has 2 rings (SSSR count). The number of nitrogens with one attached hydrogen (secondary N) is 1. The number of hydrogen-bond acceptors (Lipinski definition) is 2. The van der Waals surface area contributed by atoms with Gasteiger partial charge in [-0.25, -0.2) is 4.57 Å². The van der Waals surface area contributed by atoms with E-state index in [0.29, 0.717) is 0 Å². The number of hydrogen-bond donors (Lipinski definition) is 4. The van der Waals surface area contributed by atoms with Crippen LogP contribution in [0.25, 0.3) is 10.9 Å². The Bertz CT molecular complexity index is 565. The summed E-state index contributed by atoms with van der Waals surface area (Å²) in [4.78, 5) is 35.1. The highest BCUT2D eigenvalue weighted by atomic mass is 31.2. The third-order valence-corrected chi connectivity index (χ3v) is 1.63. The summed E-state index contributed by atoms with van der Waals surface area (Å²) in [6, 6.07) is 11.0. The standard InChI is InChI=1S/C9H7NO.H3O4P/c11-9-6-5-7-3-1-2-4-8(7)10-9;1-5(2,3)4/h1-6H,(H,10,11);(H3,1,2,3,4). The second-order valence-electron chi connectivity index (χ2n) is 2.92. The topological polar surface area (TPSA) is 111 Å². The number of para-hydroxylation sites is 1. The molecule has 0 atom stereocenters. The van der Waals surface area contributed by atoms with Crippen molar-refractivity contribution in [1.29, 1.82) is 0 Å². The molecule has 7 heteroatoms. The second kappa shape index (κ2) is 5.05. The van der Waals surface area contributed by atoms with E-state index in [9.17, 15) is 4.79 Å². The third kappa shape index (κ3) is 4.86. The van der Waals surface area contributed by atoms with Crippen LogP contribution in [0.15, 0.2) is 41.2 Å². The molecule has 0 unspecified atom stereocenters. The maximum atomic E-state index is 10.8. The zero-order valence-corrected chi connectivity index (χ0v) is 8.96. The smallest absolute Gasteiger partial charge is 0.322 e. The molecule has 2 aromatic rings. The fourth-order valence-electron chi connectivity index (χ4n) is 1.10. The van der Waals surface area contributed by atoms with Crippen LogP contribution in [0, 0.1) is 0 Å². The first-order valence-electron chi connectivity index (χ1n) is 4.22. The summed E-state index contributed by atoms with van der Waals surface area (Å²) < 4.78 is 8.88. The van der Waals surface area contributed by atoms with Crippen molar-refractivity contribution < 1.29 is 19.2 Å². The van der Waals surface area contributed by atoms with Crippen LogP contribution in [-0.4, -0.2) is 19.7 Å². The lowest BCUT2D eigenvalue weighted by Crippen LogP contribution is -2.01. The zero-order chi connectivity index (χ0) is 12.2. The van der Waals surface area contributed by atoms with E-state index in [-0.39, 0.29) is 5.56 Å². The Balaban J connectivity index is 0.000000221. The molecular formula is C9H10NO5P. The summed E-state index contributed by atoms with van der Waals surface area (Å²) in [7, 11) is -4.64. The Morgan fingerprint density at radius 1 is 1.00 bits per heavy atom. The number of H-pyrrole nitrogens is 1. The van der Waals surface area contributed by atoms with Gasteiger partial charge in [0.05, 0.1) is 0 Å². The molecule has 6 nitrogen and oxygen atoms in total. The summed E-state index contributed by atoms with van der Waals surface area (Å²) >= 11 is 0. The van der Waals surface area contributed by atoms with Crippen molar-refractivity contribution in [2.24, 2.45) is 0 Å². The Kier molecular flexibility index (Phi) is 3.98. The van der Waals surface area contributed by atoms with Crippen molar-refractivity contribution in [3.05, 3.63) is 46.8 Å². The molecule has 0 bridgehead atoms. The highest BCUT2D eigenvalue weighted by Crippen LogP contribution is 2.25. The van der Waals surface area contributed by atoms with Gasteiger partial charge in [0.15, 0.2) is 0 Å². The molecule has 0 radical (unpaired) electrons. The average molecular weight is 243 g/mol. The van der Waals surface area contributed by atoms with Gasteiger partial charge in [0.25, 0.3) is 0 Å². The number of aromatic nitrogens is 1. The highest BCUT2D eigenvalue weighted by Gasteiger charge is 2.00. The normalized spacial score (nSPS) is 10.7. The molecule has 0 fully saturated rings. The van der Waals surface area contributed by atoms with Crippen LogP contribution in [0.5, 0.6) is 0 Å². The van der Waals surface area contributed by atoms with E-state index in [1.807, 2.05) is 30.3 Å². The summed E-state index contributed by atoms with van der Waals surface area (Å²) in [6.45, 7) is 0. The van der Waals surface area contributed by atoms with Gasteiger partial charge in [-0.3, -0.25) is 4.79 Å². The first-order valence-corrected chi connectivity index (χ1v) is 5.79. The summed E-state index contributed by atoms with van der Waals surface area (Å²) in [5.74, 6) is 0. The summed E-state index contributed by atoms with van der Waals surface area (Å²) in [5, 5.41) is 1.06. The minimum Gasteiger partial charge on any atom is -0.322 e. The van der Waals surface area contributed by atoms with E-state index in [1.54, 1.807) is 0 Å². The number of pyridine rings is 1. The SMILES string of the molecule is O=P(O)(O)O.O=c1ccc2ccccc2[nH]1. The quantitative estimate of drug-likeness (QED) is 0.506. The van der Waals surface area contributed by atoms with Crippen LogP contribution < -0.4 is 5.56 Å². The van der Waals surface area contributed by atoms with Crippen molar-refractivity contribution in [3.63, 3.8) is 0 Å². The molecule has 86 valence electrons. The van der Waals surface area contributed by atoms with Crippen LogP contribution in [0.1, 0.15) is 0 Å². The lowest BCUT2D eigenvalue weighted by atomic mass is 10.2. The first-order chi connectivity index (χ1) is 7.36. The molecule has 1 aromatic heterocycles. The second-order valence-corrected chi connectivity index (χ2v) is 3.95. The van der Waals surface area contributed by atoms with Gasteiger partial charge in [-0.05, 0) is 17.5 Å². The van der Waals surface area contributed by atoms with E-state index in [0.717, 1.165) is 10.9 Å². The predicted octanol–water partition coefficient (Wildman–Crippen LogP) is 0.599. The Hall–Kier alpha value is -1.46. The molecule has 0 aliphatic rings. The van der Waals surface area contributed by atoms with Gasteiger partial charge >= 0.3 is 7.82 Å². The monoisotopic (exact) mass is 243 g/mol. The van der Waals surface area contributed by atoms with E-state index in [1.165, 1.54) is 6.07 Å². The highest BCUT2D eigenvalue weighted by molar-refractivity contribution is 7.45. The molecule has 0 spiro atoms. The molecule has 0 saturated heterocycles. The van der Waals surface area contributed by atoms with Gasteiger partial charge in [-0.1, -0.05) is 18.2 Å². The average Bonchev–Trinajstić information content (AvgIpc) is 2.15. The molecule has 4 N–H and O–H groups in total. The van der Waals surface area contributed by atoms with Crippen molar-refractivity contribution in [3.8, 4) is 0 Å². The number of aromatic amines is 1. The zero-order valence-electron chi connectivity index (χ0n) is 8.07. The Morgan fingerprint density at radius 2 is 1.56 bits per heavy atom. The fourth-order valence-corrected chi connectivity index (χ4v) is 1.10. The van der Waals surface area contributed by atoms with Crippen LogP contribution in [0.2, 0.25) is 0 Å². The number of benzene rings is 1. The van der Waals surface area contributed by atoms with Gasteiger partial charge in [-0.15, -0.1) is 0 Å². The lowest BCUT2D eigenvalue weighted by molar-refractivity contribution is 0.275. The maximum Gasteiger partial charge on any atom is 0.466 e. The molecule has 0 saturated carbocycles. The van der Waals surface area contributed by atoms with Crippen molar-refractivity contribution in [2.75, 3.05) is 0 Å². The van der Waals surface area contributed by atoms with Gasteiger partial charge in [0.2, 0.25) is 5.56 Å². The Morgan fingerprint density at radius 3 is 2.19 bits per heavy atom. The minimum atomic E-state index is -4.64. The van der Waals surface area contributed by atoms with Crippen LogP contribution >= 0.6 is 7.82 Å². The molecule has 0 amide bonds. The largest absolute Gasteiger partial charge is 0.466 e. The van der Waals surface area contributed by atoms with E-state index in [4.69, 9.17) is 19.2 Å². The van der Waals surface area contributed by atoms with Crippen molar-refractivity contribution in [1.82, 2.24) is 4.98 Å². The molecule has 16 heavy (non-hydrogen) atoms. The van der Waals surface area contributed by atoms with Gasteiger partial charge in [0.1, 0.15) is 0 Å². The minimum absolute atomic E-state index is 0.0521. The lowest BCUT2D eigenvalue weighted by Gasteiger charge is -1.93. The van der Waals surface area contributed by atoms with Crippen LogP contribution in [-0.2, 0) is 4.57 Å². The van der Waals surface area contributed by atoms with Crippen LogP contribution in [0.3, 0.4) is 0 Å².